The molecule has 0 saturated carbocycles. The Morgan fingerprint density at radius 1 is 1.73 bits per heavy atom. The zero-order valence-electron chi connectivity index (χ0n) is 7.94. The summed E-state index contributed by atoms with van der Waals surface area (Å²) in [5.41, 5.74) is -0.209. The van der Waals surface area contributed by atoms with E-state index in [4.69, 9.17) is 0 Å². The third-order valence-corrected chi connectivity index (χ3v) is 2.36. The molecule has 0 aromatic carbocycles. The molecule has 0 spiro atoms. The van der Waals surface area contributed by atoms with Crippen LogP contribution in [0.15, 0.2) is 30.0 Å². The third-order valence-electron chi connectivity index (χ3n) is 1.62. The SMILES string of the molecule is C=CCNC(=O)Cn1cncc(I)c1=O. The summed E-state index contributed by atoms with van der Waals surface area (Å²) < 4.78 is 1.76. The Bertz CT molecular complexity index is 428. The van der Waals surface area contributed by atoms with Crippen molar-refractivity contribution in [3.8, 4) is 0 Å². The molecule has 5 nitrogen and oxygen atoms in total. The lowest BCUT2D eigenvalue weighted by Gasteiger charge is -2.04. The smallest absolute Gasteiger partial charge is 0.267 e. The molecule has 80 valence electrons. The van der Waals surface area contributed by atoms with Gasteiger partial charge in [0.05, 0.1) is 9.90 Å². The van der Waals surface area contributed by atoms with Crippen molar-refractivity contribution >= 4 is 28.5 Å². The Morgan fingerprint density at radius 3 is 3.13 bits per heavy atom. The lowest BCUT2D eigenvalue weighted by Crippen LogP contribution is -2.33. The molecular weight excluding hydrogens is 309 g/mol. The van der Waals surface area contributed by atoms with Crippen LogP contribution in [-0.2, 0) is 11.3 Å². The first kappa shape index (κ1) is 11.9. The normalized spacial score (nSPS) is 9.67. The average Bonchev–Trinajstić information content (AvgIpc) is 2.22. The molecule has 1 amide bonds. The highest BCUT2D eigenvalue weighted by Gasteiger charge is 2.05. The van der Waals surface area contributed by atoms with Crippen LogP contribution in [0.3, 0.4) is 0 Å². The van der Waals surface area contributed by atoms with Crippen LogP contribution in [0, 0.1) is 3.57 Å². The number of halogens is 1. The van der Waals surface area contributed by atoms with Gasteiger partial charge >= 0.3 is 0 Å². The van der Waals surface area contributed by atoms with Crippen LogP contribution in [0.4, 0.5) is 0 Å². The Labute approximate surface area is 100 Å². The maximum absolute atomic E-state index is 11.5. The van der Waals surface area contributed by atoms with Gasteiger partial charge in [-0.2, -0.15) is 0 Å². The quantitative estimate of drug-likeness (QED) is 0.635. The molecule has 0 aliphatic carbocycles. The van der Waals surface area contributed by atoms with Gasteiger partial charge in [-0.3, -0.25) is 14.2 Å². The molecule has 0 atom stereocenters. The number of nitrogens with zero attached hydrogens (tertiary/aromatic N) is 2. The minimum atomic E-state index is -0.235. The Kier molecular flexibility index (Phi) is 4.47. The maximum Gasteiger partial charge on any atom is 0.267 e. The molecule has 0 radical (unpaired) electrons. The number of amides is 1. The number of rotatable bonds is 4. The summed E-state index contributed by atoms with van der Waals surface area (Å²) >= 11 is 1.88. The van der Waals surface area contributed by atoms with E-state index in [-0.39, 0.29) is 18.0 Å². The maximum atomic E-state index is 11.5. The van der Waals surface area contributed by atoms with Gasteiger partial charge in [-0.1, -0.05) is 6.08 Å². The van der Waals surface area contributed by atoms with Crippen LogP contribution in [0.2, 0.25) is 0 Å². The molecule has 1 aromatic rings. The van der Waals surface area contributed by atoms with Crippen LogP contribution >= 0.6 is 22.6 Å². The molecule has 0 fully saturated rings. The van der Waals surface area contributed by atoms with Crippen LogP contribution in [0.1, 0.15) is 0 Å². The van der Waals surface area contributed by atoms with Crippen LogP contribution < -0.4 is 10.9 Å². The van der Waals surface area contributed by atoms with Gasteiger partial charge in [-0.25, -0.2) is 4.98 Å². The number of aromatic nitrogens is 2. The van der Waals surface area contributed by atoms with E-state index in [1.54, 1.807) is 6.08 Å². The summed E-state index contributed by atoms with van der Waals surface area (Å²) in [5, 5.41) is 2.58. The molecular formula is C9H10IN3O2. The second kappa shape index (κ2) is 5.64. The molecule has 0 aliphatic heterocycles. The minimum Gasteiger partial charge on any atom is -0.351 e. The highest BCUT2D eigenvalue weighted by atomic mass is 127. The first-order valence-electron chi connectivity index (χ1n) is 4.22. The summed E-state index contributed by atoms with van der Waals surface area (Å²) in [6.45, 7) is 3.85. The van der Waals surface area contributed by atoms with Gasteiger partial charge in [0, 0.05) is 12.7 Å². The van der Waals surface area contributed by atoms with Crippen molar-refractivity contribution < 1.29 is 4.79 Å². The van der Waals surface area contributed by atoms with Crippen molar-refractivity contribution in [2.24, 2.45) is 0 Å². The Balaban J connectivity index is 2.73. The Hall–Kier alpha value is -1.18. The highest BCUT2D eigenvalue weighted by Crippen LogP contribution is 1.92. The van der Waals surface area contributed by atoms with Gasteiger partial charge in [0.1, 0.15) is 6.54 Å². The van der Waals surface area contributed by atoms with Crippen molar-refractivity contribution in [1.82, 2.24) is 14.9 Å². The molecule has 0 bridgehead atoms. The fraction of sp³-hybridized carbons (Fsp3) is 0.222. The summed E-state index contributed by atoms with van der Waals surface area (Å²) in [7, 11) is 0. The van der Waals surface area contributed by atoms with E-state index >= 15 is 0 Å². The predicted octanol–water partition coefficient (Wildman–Crippen LogP) is 0.150. The van der Waals surface area contributed by atoms with Crippen molar-refractivity contribution in [2.75, 3.05) is 6.54 Å². The van der Waals surface area contributed by atoms with Gasteiger partial charge in [0.15, 0.2) is 0 Å². The summed E-state index contributed by atoms with van der Waals surface area (Å²) in [6, 6.07) is 0. The van der Waals surface area contributed by atoms with Gasteiger partial charge in [-0.05, 0) is 22.6 Å². The van der Waals surface area contributed by atoms with E-state index in [9.17, 15) is 9.59 Å². The minimum absolute atomic E-state index is 0.0173. The molecule has 6 heteroatoms. The standard InChI is InChI=1S/C9H10IN3O2/c1-2-3-12-8(14)5-13-6-11-4-7(10)9(13)15/h2,4,6H,1,3,5H2,(H,12,14). The van der Waals surface area contributed by atoms with E-state index < -0.39 is 0 Å². The van der Waals surface area contributed by atoms with Crippen molar-refractivity contribution in [3.63, 3.8) is 0 Å². The molecule has 0 unspecified atom stereocenters. The fourth-order valence-electron chi connectivity index (χ4n) is 0.933. The highest BCUT2D eigenvalue weighted by molar-refractivity contribution is 14.1. The zero-order chi connectivity index (χ0) is 11.3. The van der Waals surface area contributed by atoms with Gasteiger partial charge < -0.3 is 5.32 Å². The fourth-order valence-corrected chi connectivity index (χ4v) is 1.40. The number of hydrogen-bond donors (Lipinski definition) is 1. The average molecular weight is 319 g/mol. The van der Waals surface area contributed by atoms with Gasteiger partial charge in [-0.15, -0.1) is 6.58 Å². The zero-order valence-corrected chi connectivity index (χ0v) is 10.1. The molecule has 1 rings (SSSR count). The summed E-state index contributed by atoms with van der Waals surface area (Å²) in [6.07, 6.45) is 4.38. The van der Waals surface area contributed by atoms with Crippen molar-refractivity contribution in [1.29, 1.82) is 0 Å². The van der Waals surface area contributed by atoms with E-state index in [1.807, 2.05) is 22.6 Å². The summed E-state index contributed by atoms with van der Waals surface area (Å²) in [4.78, 5) is 26.6. The van der Waals surface area contributed by atoms with Gasteiger partial charge in [0.2, 0.25) is 5.91 Å². The molecule has 0 aliphatic rings. The van der Waals surface area contributed by atoms with Gasteiger partial charge in [0.25, 0.3) is 5.56 Å². The molecule has 0 saturated heterocycles. The molecule has 15 heavy (non-hydrogen) atoms. The second-order valence-electron chi connectivity index (χ2n) is 2.77. The third kappa shape index (κ3) is 3.46. The predicted molar refractivity (Wildman–Crippen MR) is 64.4 cm³/mol. The lowest BCUT2D eigenvalue weighted by molar-refractivity contribution is -0.121. The second-order valence-corrected chi connectivity index (χ2v) is 3.93. The largest absolute Gasteiger partial charge is 0.351 e. The first-order chi connectivity index (χ1) is 7.15. The van der Waals surface area contributed by atoms with Crippen LogP contribution in [0.5, 0.6) is 0 Å². The molecule has 1 aromatic heterocycles. The topological polar surface area (TPSA) is 64.0 Å². The monoisotopic (exact) mass is 319 g/mol. The van der Waals surface area contributed by atoms with Crippen molar-refractivity contribution in [3.05, 3.63) is 39.1 Å². The number of carbonyl (C=O) groups excluding carboxylic acids is 1. The van der Waals surface area contributed by atoms with E-state index in [0.717, 1.165) is 0 Å². The van der Waals surface area contributed by atoms with E-state index in [0.29, 0.717) is 10.1 Å². The lowest BCUT2D eigenvalue weighted by atomic mass is 10.5. The van der Waals surface area contributed by atoms with E-state index in [2.05, 4.69) is 16.9 Å². The number of nitrogens with one attached hydrogen (secondary N) is 1. The van der Waals surface area contributed by atoms with Crippen molar-refractivity contribution in [2.45, 2.75) is 6.54 Å². The Morgan fingerprint density at radius 2 is 2.47 bits per heavy atom. The number of hydrogen-bond acceptors (Lipinski definition) is 3. The van der Waals surface area contributed by atoms with Crippen LogP contribution in [0.25, 0.3) is 0 Å². The molecule has 1 N–H and O–H groups in total. The summed E-state index contributed by atoms with van der Waals surface area (Å²) in [5.74, 6) is -0.235. The molecule has 1 heterocycles. The number of carbonyl (C=O) groups is 1. The van der Waals surface area contributed by atoms with Crippen LogP contribution in [-0.4, -0.2) is 22.0 Å². The first-order valence-corrected chi connectivity index (χ1v) is 5.30. The van der Waals surface area contributed by atoms with E-state index in [1.165, 1.54) is 17.1 Å².